The van der Waals surface area contributed by atoms with Gasteiger partial charge in [-0.2, -0.15) is 0 Å². The molecule has 0 bridgehead atoms. The van der Waals surface area contributed by atoms with Gasteiger partial charge < -0.3 is 10.0 Å². The first-order valence-corrected chi connectivity index (χ1v) is 5.82. The number of aliphatic carboxylic acids is 1. The van der Waals surface area contributed by atoms with E-state index < -0.39 is 17.6 Å². The van der Waals surface area contributed by atoms with Crippen molar-refractivity contribution in [2.24, 2.45) is 0 Å². The normalized spacial score (nSPS) is 14.1. The third kappa shape index (κ3) is 4.65. The van der Waals surface area contributed by atoms with Gasteiger partial charge in [-0.05, 0) is 12.5 Å². The Labute approximate surface area is 109 Å². The number of carbonyl (C=O) groups is 2. The third-order valence-electron chi connectivity index (χ3n) is 2.56. The van der Waals surface area contributed by atoms with Crippen LogP contribution in [0.25, 0.3) is 0 Å². The maximum absolute atomic E-state index is 13.3. The van der Waals surface area contributed by atoms with E-state index >= 15 is 0 Å². The van der Waals surface area contributed by atoms with Crippen LogP contribution in [0.5, 0.6) is 0 Å². The molecular formula is C13H15F2NO3. The smallest absolute Gasteiger partial charge is 0.300 e. The molecule has 1 aliphatic heterocycles. The molecule has 104 valence electrons. The molecule has 1 heterocycles. The molecule has 1 N–H and O–H groups in total. The Balaban J connectivity index is 0.000000399. The highest BCUT2D eigenvalue weighted by molar-refractivity contribution is 5.78. The van der Waals surface area contributed by atoms with Gasteiger partial charge in [0.15, 0.2) is 11.6 Å². The Hall–Kier alpha value is -1.98. The molecular weight excluding hydrogens is 256 g/mol. The number of hydrogen-bond acceptors (Lipinski definition) is 2. The number of amides is 1. The van der Waals surface area contributed by atoms with Crippen LogP contribution in [0.2, 0.25) is 0 Å². The molecule has 1 fully saturated rings. The number of likely N-dealkylation sites (tertiary alicyclic amines) is 1. The van der Waals surface area contributed by atoms with E-state index in [1.807, 2.05) is 0 Å². The molecule has 19 heavy (non-hydrogen) atoms. The van der Waals surface area contributed by atoms with Crippen LogP contribution < -0.4 is 0 Å². The largest absolute Gasteiger partial charge is 0.481 e. The second-order valence-corrected chi connectivity index (χ2v) is 4.15. The zero-order valence-corrected chi connectivity index (χ0v) is 10.5. The fourth-order valence-electron chi connectivity index (χ4n) is 1.75. The van der Waals surface area contributed by atoms with E-state index in [4.69, 9.17) is 9.90 Å². The summed E-state index contributed by atoms with van der Waals surface area (Å²) in [5, 5.41) is 7.42. The van der Waals surface area contributed by atoms with E-state index in [0.29, 0.717) is 13.0 Å². The molecule has 1 aromatic rings. The summed E-state index contributed by atoms with van der Waals surface area (Å²) in [7, 11) is 0. The summed E-state index contributed by atoms with van der Waals surface area (Å²) >= 11 is 0. The Morgan fingerprint density at radius 1 is 1.42 bits per heavy atom. The van der Waals surface area contributed by atoms with Crippen molar-refractivity contribution in [2.45, 2.75) is 26.3 Å². The lowest BCUT2D eigenvalue weighted by atomic mass is 10.2. The molecule has 0 spiro atoms. The lowest BCUT2D eigenvalue weighted by Gasteiger charge is -2.15. The summed E-state index contributed by atoms with van der Waals surface area (Å²) in [5.41, 5.74) is 0.241. The molecule has 1 aliphatic rings. The summed E-state index contributed by atoms with van der Waals surface area (Å²) < 4.78 is 26.1. The van der Waals surface area contributed by atoms with Crippen LogP contribution in [0.1, 0.15) is 25.3 Å². The lowest BCUT2D eigenvalue weighted by molar-refractivity contribution is -0.134. The van der Waals surface area contributed by atoms with Gasteiger partial charge in [0.2, 0.25) is 5.91 Å². The van der Waals surface area contributed by atoms with E-state index in [0.717, 1.165) is 19.4 Å². The summed E-state index contributed by atoms with van der Waals surface area (Å²) in [6.45, 7) is 1.89. The topological polar surface area (TPSA) is 57.6 Å². The second kappa shape index (κ2) is 6.82. The highest BCUT2D eigenvalue weighted by atomic mass is 19.2. The van der Waals surface area contributed by atoms with Gasteiger partial charge in [0.25, 0.3) is 5.97 Å². The molecule has 0 radical (unpaired) electrons. The summed E-state index contributed by atoms with van der Waals surface area (Å²) in [5.74, 6) is -2.53. The first-order valence-electron chi connectivity index (χ1n) is 5.82. The van der Waals surface area contributed by atoms with Crippen LogP contribution in [0.4, 0.5) is 8.78 Å². The number of carbonyl (C=O) groups excluding carboxylic acids is 1. The molecule has 1 aromatic carbocycles. The van der Waals surface area contributed by atoms with Gasteiger partial charge in [0.1, 0.15) is 0 Å². The Bertz CT molecular complexity index is 473. The molecule has 0 saturated carbocycles. The van der Waals surface area contributed by atoms with Crippen molar-refractivity contribution >= 4 is 11.9 Å². The van der Waals surface area contributed by atoms with Gasteiger partial charge >= 0.3 is 0 Å². The van der Waals surface area contributed by atoms with Gasteiger partial charge in [-0.1, -0.05) is 12.1 Å². The van der Waals surface area contributed by atoms with Crippen molar-refractivity contribution in [1.82, 2.24) is 4.90 Å². The van der Waals surface area contributed by atoms with Crippen LogP contribution in [0.3, 0.4) is 0 Å². The first kappa shape index (κ1) is 15.1. The van der Waals surface area contributed by atoms with E-state index in [1.165, 1.54) is 12.1 Å². The lowest BCUT2D eigenvalue weighted by Crippen LogP contribution is -2.24. The minimum atomic E-state index is -0.862. The molecule has 0 atom stereocenters. The van der Waals surface area contributed by atoms with E-state index in [1.54, 1.807) is 4.90 Å². The van der Waals surface area contributed by atoms with Gasteiger partial charge in [-0.3, -0.25) is 9.59 Å². The monoisotopic (exact) mass is 271 g/mol. The van der Waals surface area contributed by atoms with E-state index in [9.17, 15) is 13.6 Å². The summed E-state index contributed by atoms with van der Waals surface area (Å²) in [6, 6.07) is 4.03. The molecule has 1 amide bonds. The highest BCUT2D eigenvalue weighted by Gasteiger charge is 2.21. The van der Waals surface area contributed by atoms with Gasteiger partial charge in [-0.25, -0.2) is 8.78 Å². The fourth-order valence-corrected chi connectivity index (χ4v) is 1.75. The maximum atomic E-state index is 13.3. The number of halogens is 2. The van der Waals surface area contributed by atoms with Gasteiger partial charge in [-0.15, -0.1) is 0 Å². The fraction of sp³-hybridized carbons (Fsp3) is 0.385. The SMILES string of the molecule is CC(=O)O.O=C1CCCN1Cc1cccc(F)c1F. The molecule has 0 unspecified atom stereocenters. The quantitative estimate of drug-likeness (QED) is 0.897. The van der Waals surface area contributed by atoms with Crippen LogP contribution >= 0.6 is 0 Å². The minimum absolute atomic E-state index is 0.0126. The predicted octanol–water partition coefficient (Wildman–Crippen LogP) is 2.18. The number of rotatable bonds is 2. The molecule has 0 aromatic heterocycles. The number of carboxylic acid groups (broad SMARTS) is 1. The summed E-state index contributed by atoms with van der Waals surface area (Å²) in [4.78, 5) is 21.8. The van der Waals surface area contributed by atoms with Gasteiger partial charge in [0.05, 0.1) is 0 Å². The minimum Gasteiger partial charge on any atom is -0.481 e. The maximum Gasteiger partial charge on any atom is 0.300 e. The zero-order chi connectivity index (χ0) is 14.4. The van der Waals surface area contributed by atoms with Gasteiger partial charge in [0, 0.05) is 32.0 Å². The highest BCUT2D eigenvalue weighted by Crippen LogP contribution is 2.17. The molecule has 2 rings (SSSR count). The molecule has 1 saturated heterocycles. The van der Waals surface area contributed by atoms with E-state index in [2.05, 4.69) is 0 Å². The zero-order valence-electron chi connectivity index (χ0n) is 10.5. The third-order valence-corrected chi connectivity index (χ3v) is 2.56. The molecule has 0 aliphatic carbocycles. The Morgan fingerprint density at radius 2 is 2.05 bits per heavy atom. The summed E-state index contributed by atoms with van der Waals surface area (Å²) in [6.07, 6.45) is 1.31. The van der Waals surface area contributed by atoms with Crippen molar-refractivity contribution in [3.63, 3.8) is 0 Å². The van der Waals surface area contributed by atoms with Crippen molar-refractivity contribution in [3.8, 4) is 0 Å². The predicted molar refractivity (Wildman–Crippen MR) is 64.3 cm³/mol. The van der Waals surface area contributed by atoms with Crippen LogP contribution in [-0.2, 0) is 16.1 Å². The number of hydrogen-bond donors (Lipinski definition) is 1. The first-order chi connectivity index (χ1) is 8.91. The van der Waals surface area contributed by atoms with Crippen LogP contribution in [0, 0.1) is 11.6 Å². The molecule has 4 nitrogen and oxygen atoms in total. The van der Waals surface area contributed by atoms with Crippen LogP contribution in [-0.4, -0.2) is 28.4 Å². The Morgan fingerprint density at radius 3 is 2.58 bits per heavy atom. The number of carboxylic acids is 1. The second-order valence-electron chi connectivity index (χ2n) is 4.15. The molecule has 6 heteroatoms. The van der Waals surface area contributed by atoms with E-state index in [-0.39, 0.29) is 18.0 Å². The average Bonchev–Trinajstić information content (AvgIpc) is 2.70. The van der Waals surface area contributed by atoms with Crippen molar-refractivity contribution in [1.29, 1.82) is 0 Å². The Kier molecular flexibility index (Phi) is 5.41. The van der Waals surface area contributed by atoms with Crippen molar-refractivity contribution in [2.75, 3.05) is 6.54 Å². The standard InChI is InChI=1S/C11H11F2NO.C2H4O2/c12-9-4-1-3-8(11(9)13)7-14-6-2-5-10(14)15;1-2(3)4/h1,3-4H,2,5-7H2;1H3,(H,3,4). The number of benzene rings is 1. The van der Waals surface area contributed by atoms with Crippen molar-refractivity contribution < 1.29 is 23.5 Å². The van der Waals surface area contributed by atoms with Crippen LogP contribution in [0.15, 0.2) is 18.2 Å². The number of nitrogens with zero attached hydrogens (tertiary/aromatic N) is 1. The van der Waals surface area contributed by atoms with Crippen molar-refractivity contribution in [3.05, 3.63) is 35.4 Å². The average molecular weight is 271 g/mol.